The van der Waals surface area contributed by atoms with E-state index in [1.165, 1.54) is 11.1 Å². The molecule has 102 valence electrons. The molecule has 1 aliphatic rings. The summed E-state index contributed by atoms with van der Waals surface area (Å²) in [5, 5.41) is 17.7. The molecular weight excluding hydrogens is 254 g/mol. The molecule has 1 aromatic heterocycles. The van der Waals surface area contributed by atoms with Gasteiger partial charge in [0.2, 0.25) is 0 Å². The lowest BCUT2D eigenvalue weighted by atomic mass is 10.3. The zero-order valence-corrected chi connectivity index (χ0v) is 9.98. The molecule has 1 fully saturated rings. The molecule has 1 aromatic rings. The van der Waals surface area contributed by atoms with Crippen LogP contribution in [-0.4, -0.2) is 63.3 Å². The second-order valence-electron chi connectivity index (χ2n) is 4.02. The summed E-state index contributed by atoms with van der Waals surface area (Å²) >= 11 is 0. The van der Waals surface area contributed by atoms with Crippen molar-refractivity contribution in [1.82, 2.24) is 14.9 Å². The number of nitrogens with zero attached hydrogens (tertiary/aromatic N) is 4. The van der Waals surface area contributed by atoms with Crippen molar-refractivity contribution in [2.75, 3.05) is 36.8 Å². The molecule has 1 saturated heterocycles. The van der Waals surface area contributed by atoms with Gasteiger partial charge in [-0.05, 0) is 0 Å². The van der Waals surface area contributed by atoms with Crippen LogP contribution in [-0.2, 0) is 0 Å². The predicted octanol–water partition coefficient (Wildman–Crippen LogP) is -0.443. The first-order valence-electron chi connectivity index (χ1n) is 5.57. The minimum Gasteiger partial charge on any atom is -0.476 e. The van der Waals surface area contributed by atoms with Gasteiger partial charge < -0.3 is 25.7 Å². The Morgan fingerprint density at radius 2 is 1.84 bits per heavy atom. The van der Waals surface area contributed by atoms with Gasteiger partial charge in [-0.3, -0.25) is 0 Å². The Morgan fingerprint density at radius 1 is 1.21 bits per heavy atom. The SMILES string of the molecule is Nc1ncc(N2CCN(C(=O)O)CC2)nc1C(=O)O. The minimum absolute atomic E-state index is 0.138. The second-order valence-corrected chi connectivity index (χ2v) is 4.02. The molecule has 1 aliphatic heterocycles. The van der Waals surface area contributed by atoms with Crippen molar-refractivity contribution in [3.63, 3.8) is 0 Å². The molecule has 0 radical (unpaired) electrons. The van der Waals surface area contributed by atoms with E-state index in [9.17, 15) is 9.59 Å². The Kier molecular flexibility index (Phi) is 3.36. The number of aromatic nitrogens is 2. The highest BCUT2D eigenvalue weighted by molar-refractivity contribution is 5.90. The van der Waals surface area contributed by atoms with Gasteiger partial charge in [0.05, 0.1) is 6.20 Å². The zero-order valence-electron chi connectivity index (χ0n) is 9.98. The number of piperazine rings is 1. The standard InChI is InChI=1S/C10H13N5O4/c11-8-7(9(16)17)13-6(5-12-8)14-1-3-15(4-2-14)10(18)19/h5H,1-4H2,(H2,11,12)(H,16,17)(H,18,19). The Morgan fingerprint density at radius 3 is 2.37 bits per heavy atom. The van der Waals surface area contributed by atoms with Crippen molar-refractivity contribution in [2.24, 2.45) is 0 Å². The lowest BCUT2D eigenvalue weighted by Gasteiger charge is -2.33. The Balaban J connectivity index is 2.14. The summed E-state index contributed by atoms with van der Waals surface area (Å²) in [6.45, 7) is 1.54. The molecule has 0 spiro atoms. The van der Waals surface area contributed by atoms with E-state index in [1.807, 2.05) is 0 Å². The van der Waals surface area contributed by atoms with Crippen LogP contribution in [0.3, 0.4) is 0 Å². The third-order valence-electron chi connectivity index (χ3n) is 2.86. The largest absolute Gasteiger partial charge is 0.476 e. The molecule has 0 aliphatic carbocycles. The Bertz CT molecular complexity index is 513. The molecule has 2 heterocycles. The van der Waals surface area contributed by atoms with E-state index < -0.39 is 12.1 Å². The first kappa shape index (κ1) is 12.9. The molecule has 4 N–H and O–H groups in total. The number of carboxylic acids is 1. The number of anilines is 2. The molecule has 19 heavy (non-hydrogen) atoms. The molecule has 0 aromatic carbocycles. The molecule has 9 heteroatoms. The maximum Gasteiger partial charge on any atom is 0.407 e. The fraction of sp³-hybridized carbons (Fsp3) is 0.400. The van der Waals surface area contributed by atoms with Gasteiger partial charge in [-0.25, -0.2) is 19.6 Å². The van der Waals surface area contributed by atoms with Crippen molar-refractivity contribution < 1.29 is 19.8 Å². The van der Waals surface area contributed by atoms with Gasteiger partial charge in [0, 0.05) is 26.2 Å². The van der Waals surface area contributed by atoms with E-state index in [-0.39, 0.29) is 11.5 Å². The van der Waals surface area contributed by atoms with E-state index in [0.717, 1.165) is 0 Å². The highest BCUT2D eigenvalue weighted by Crippen LogP contribution is 2.16. The summed E-state index contributed by atoms with van der Waals surface area (Å²) < 4.78 is 0. The van der Waals surface area contributed by atoms with Gasteiger partial charge in [-0.1, -0.05) is 0 Å². The summed E-state index contributed by atoms with van der Waals surface area (Å²) in [5.74, 6) is -0.993. The van der Waals surface area contributed by atoms with E-state index in [4.69, 9.17) is 15.9 Å². The minimum atomic E-state index is -1.24. The number of nitrogens with two attached hydrogens (primary N) is 1. The maximum atomic E-state index is 10.9. The van der Waals surface area contributed by atoms with Crippen LogP contribution in [0.5, 0.6) is 0 Å². The van der Waals surface area contributed by atoms with Gasteiger partial charge in [0.15, 0.2) is 11.5 Å². The van der Waals surface area contributed by atoms with E-state index in [1.54, 1.807) is 4.90 Å². The molecule has 0 bridgehead atoms. The Labute approximate surface area is 108 Å². The van der Waals surface area contributed by atoms with Crippen molar-refractivity contribution in [2.45, 2.75) is 0 Å². The van der Waals surface area contributed by atoms with Gasteiger partial charge in [0.1, 0.15) is 5.82 Å². The number of carboxylic acid groups (broad SMARTS) is 2. The molecule has 9 nitrogen and oxygen atoms in total. The fourth-order valence-corrected chi connectivity index (χ4v) is 1.83. The van der Waals surface area contributed by atoms with Gasteiger partial charge in [-0.15, -0.1) is 0 Å². The second kappa shape index (κ2) is 4.96. The van der Waals surface area contributed by atoms with Crippen LogP contribution in [0.1, 0.15) is 10.5 Å². The van der Waals surface area contributed by atoms with Crippen LogP contribution in [0.2, 0.25) is 0 Å². The van der Waals surface area contributed by atoms with Crippen molar-refractivity contribution in [1.29, 1.82) is 0 Å². The molecule has 0 atom stereocenters. The third-order valence-corrected chi connectivity index (χ3v) is 2.86. The van der Waals surface area contributed by atoms with Crippen molar-refractivity contribution in [3.05, 3.63) is 11.9 Å². The number of hydrogen-bond donors (Lipinski definition) is 3. The summed E-state index contributed by atoms with van der Waals surface area (Å²) in [6, 6.07) is 0. The average Bonchev–Trinajstić information content (AvgIpc) is 2.39. The van der Waals surface area contributed by atoms with Gasteiger partial charge >= 0.3 is 12.1 Å². The van der Waals surface area contributed by atoms with Crippen LogP contribution in [0.4, 0.5) is 16.4 Å². The van der Waals surface area contributed by atoms with Crippen LogP contribution in [0, 0.1) is 0 Å². The number of rotatable bonds is 2. The fourth-order valence-electron chi connectivity index (χ4n) is 1.83. The predicted molar refractivity (Wildman–Crippen MR) is 65.2 cm³/mol. The number of amides is 1. The molecule has 0 saturated carbocycles. The van der Waals surface area contributed by atoms with Crippen LogP contribution >= 0.6 is 0 Å². The summed E-state index contributed by atoms with van der Waals surface area (Å²) in [4.78, 5) is 32.5. The first-order chi connectivity index (χ1) is 8.99. The normalized spacial score (nSPS) is 15.4. The first-order valence-corrected chi connectivity index (χ1v) is 5.57. The zero-order chi connectivity index (χ0) is 14.0. The van der Waals surface area contributed by atoms with E-state index >= 15 is 0 Å². The number of aromatic carboxylic acids is 1. The number of carbonyl (C=O) groups is 2. The Hall–Kier alpha value is -2.58. The van der Waals surface area contributed by atoms with Crippen molar-refractivity contribution in [3.8, 4) is 0 Å². The lowest BCUT2D eigenvalue weighted by Crippen LogP contribution is -2.48. The van der Waals surface area contributed by atoms with Gasteiger partial charge in [0.25, 0.3) is 0 Å². The summed E-state index contributed by atoms with van der Waals surface area (Å²) in [5.41, 5.74) is 5.13. The summed E-state index contributed by atoms with van der Waals surface area (Å²) in [7, 11) is 0. The quantitative estimate of drug-likeness (QED) is 0.656. The van der Waals surface area contributed by atoms with E-state index in [2.05, 4.69) is 9.97 Å². The van der Waals surface area contributed by atoms with Gasteiger partial charge in [-0.2, -0.15) is 0 Å². The topological polar surface area (TPSA) is 133 Å². The third kappa shape index (κ3) is 2.64. The molecule has 1 amide bonds. The van der Waals surface area contributed by atoms with Crippen LogP contribution < -0.4 is 10.6 Å². The van der Waals surface area contributed by atoms with E-state index in [0.29, 0.717) is 32.0 Å². The highest BCUT2D eigenvalue weighted by Gasteiger charge is 2.22. The molecular formula is C10H13N5O4. The smallest absolute Gasteiger partial charge is 0.407 e. The maximum absolute atomic E-state index is 10.9. The monoisotopic (exact) mass is 267 g/mol. The molecule has 0 unspecified atom stereocenters. The van der Waals surface area contributed by atoms with Crippen LogP contribution in [0.15, 0.2) is 6.20 Å². The summed E-state index contributed by atoms with van der Waals surface area (Å²) in [6.07, 6.45) is 0.423. The number of nitrogen functional groups attached to an aromatic ring is 1. The highest BCUT2D eigenvalue weighted by atomic mass is 16.4. The number of hydrogen-bond acceptors (Lipinski definition) is 6. The van der Waals surface area contributed by atoms with Crippen LogP contribution in [0.25, 0.3) is 0 Å². The van der Waals surface area contributed by atoms with Crippen molar-refractivity contribution >= 4 is 23.7 Å². The average molecular weight is 267 g/mol. The lowest BCUT2D eigenvalue weighted by molar-refractivity contribution is 0.0691. The molecule has 2 rings (SSSR count).